The molecule has 3 N–H and O–H groups in total. The molecule has 3 rings (SSSR count). The molecule has 9 heteroatoms. The van der Waals surface area contributed by atoms with Gasteiger partial charge in [0, 0.05) is 37.4 Å². The molecule has 2 unspecified atom stereocenters. The third-order valence-corrected chi connectivity index (χ3v) is 5.46. The van der Waals surface area contributed by atoms with Crippen molar-refractivity contribution >= 4 is 35.6 Å². The minimum Gasteiger partial charge on any atom is -0.497 e. The summed E-state index contributed by atoms with van der Waals surface area (Å²) in [6.45, 7) is 4.54. The normalized spacial score (nSPS) is 17.1. The molecule has 1 fully saturated rings. The highest BCUT2D eigenvalue weighted by Crippen LogP contribution is 2.26. The van der Waals surface area contributed by atoms with Crippen molar-refractivity contribution in [2.24, 2.45) is 4.99 Å². The first-order valence-electron chi connectivity index (χ1n) is 11.0. The molecule has 2 aromatic rings. The van der Waals surface area contributed by atoms with Crippen molar-refractivity contribution in [3.05, 3.63) is 53.8 Å². The maximum absolute atomic E-state index is 13.6. The highest BCUT2D eigenvalue weighted by molar-refractivity contribution is 14.0. The first-order valence-corrected chi connectivity index (χ1v) is 11.0. The number of rotatable bonds is 8. The van der Waals surface area contributed by atoms with E-state index in [1.807, 2.05) is 13.0 Å². The molecule has 1 saturated heterocycles. The van der Waals surface area contributed by atoms with Crippen LogP contribution in [0, 0.1) is 5.82 Å². The van der Waals surface area contributed by atoms with Crippen molar-refractivity contribution in [1.29, 1.82) is 0 Å². The van der Waals surface area contributed by atoms with E-state index in [-0.39, 0.29) is 42.4 Å². The van der Waals surface area contributed by atoms with E-state index in [0.29, 0.717) is 29.6 Å². The van der Waals surface area contributed by atoms with Gasteiger partial charge in [0.05, 0.1) is 26.9 Å². The third kappa shape index (κ3) is 7.92. The Hall–Kier alpha value is -2.27. The lowest BCUT2D eigenvalue weighted by molar-refractivity contribution is 0.186. The summed E-state index contributed by atoms with van der Waals surface area (Å²) >= 11 is 0. The van der Waals surface area contributed by atoms with Gasteiger partial charge in [-0.2, -0.15) is 0 Å². The van der Waals surface area contributed by atoms with E-state index in [0.717, 1.165) is 31.6 Å². The third-order valence-electron chi connectivity index (χ3n) is 5.46. The van der Waals surface area contributed by atoms with Gasteiger partial charge >= 0.3 is 0 Å². The molecule has 0 bridgehead atoms. The zero-order valence-corrected chi connectivity index (χ0v) is 21.7. The molecule has 2 aromatic carbocycles. The number of halogens is 2. The highest BCUT2D eigenvalue weighted by Gasteiger charge is 2.21. The number of nitrogens with zero attached hydrogens (tertiary/aromatic N) is 2. The van der Waals surface area contributed by atoms with Gasteiger partial charge in [0.15, 0.2) is 5.96 Å². The fourth-order valence-electron chi connectivity index (χ4n) is 3.82. The van der Waals surface area contributed by atoms with Gasteiger partial charge in [-0.25, -0.2) is 4.39 Å². The van der Waals surface area contributed by atoms with Crippen LogP contribution in [0.1, 0.15) is 31.4 Å². The number of anilines is 1. The van der Waals surface area contributed by atoms with Gasteiger partial charge in [-0.05, 0) is 55.7 Å². The molecule has 0 spiro atoms. The lowest BCUT2D eigenvalue weighted by Gasteiger charge is -2.35. The standard InChI is InChI=1S/C24H33FN4O3.HI/c1-4-26-24(27-15-23(30)17-11-21(31-2)14-22(12-17)32-3)28-19-8-6-10-29(16-19)20-9-5-7-18(25)13-20;/h5,7,9,11-14,19,23,30H,4,6,8,10,15-16H2,1-3H3,(H2,26,27,28);1H. The largest absolute Gasteiger partial charge is 0.497 e. The highest BCUT2D eigenvalue weighted by atomic mass is 127. The summed E-state index contributed by atoms with van der Waals surface area (Å²) in [5.74, 6) is 1.65. The molecular weight excluding hydrogens is 538 g/mol. The molecule has 1 heterocycles. The molecule has 33 heavy (non-hydrogen) atoms. The van der Waals surface area contributed by atoms with E-state index < -0.39 is 6.10 Å². The van der Waals surface area contributed by atoms with Crippen LogP contribution in [0.2, 0.25) is 0 Å². The Morgan fingerprint density at radius 3 is 2.58 bits per heavy atom. The minimum atomic E-state index is -0.801. The molecule has 0 aliphatic carbocycles. The van der Waals surface area contributed by atoms with Crippen molar-refractivity contribution in [1.82, 2.24) is 10.6 Å². The van der Waals surface area contributed by atoms with Gasteiger partial charge < -0.3 is 30.1 Å². The molecular formula is C24H34FIN4O3. The number of benzene rings is 2. The zero-order valence-electron chi connectivity index (χ0n) is 19.4. The Morgan fingerprint density at radius 2 is 1.94 bits per heavy atom. The average Bonchev–Trinajstić information content (AvgIpc) is 2.82. The van der Waals surface area contributed by atoms with E-state index >= 15 is 0 Å². The second kappa shape index (κ2) is 13.4. The number of aliphatic imine (C=N–C) groups is 1. The van der Waals surface area contributed by atoms with Gasteiger partial charge in [-0.15, -0.1) is 24.0 Å². The fraction of sp³-hybridized carbons (Fsp3) is 0.458. The molecule has 7 nitrogen and oxygen atoms in total. The second-order valence-corrected chi connectivity index (χ2v) is 7.79. The number of aliphatic hydroxyl groups is 1. The van der Waals surface area contributed by atoms with Crippen LogP contribution in [0.3, 0.4) is 0 Å². The Labute approximate surface area is 212 Å². The van der Waals surface area contributed by atoms with Gasteiger partial charge in [0.2, 0.25) is 0 Å². The number of methoxy groups -OCH3 is 2. The molecule has 0 amide bonds. The smallest absolute Gasteiger partial charge is 0.191 e. The van der Waals surface area contributed by atoms with Crippen molar-refractivity contribution in [2.45, 2.75) is 31.9 Å². The molecule has 1 aliphatic rings. The Balaban J connectivity index is 0.00000385. The summed E-state index contributed by atoms with van der Waals surface area (Å²) in [5.41, 5.74) is 1.57. The van der Waals surface area contributed by atoms with Crippen LogP contribution in [0.15, 0.2) is 47.5 Å². The van der Waals surface area contributed by atoms with E-state index in [1.165, 1.54) is 6.07 Å². The number of guanidine groups is 1. The quantitative estimate of drug-likeness (QED) is 0.255. The minimum absolute atomic E-state index is 0. The SMILES string of the molecule is CCNC(=NCC(O)c1cc(OC)cc(OC)c1)NC1CCCN(c2cccc(F)c2)C1.I. The maximum atomic E-state index is 13.6. The Kier molecular flexibility index (Phi) is 11.0. The summed E-state index contributed by atoms with van der Waals surface area (Å²) in [4.78, 5) is 6.78. The number of piperidine rings is 1. The summed E-state index contributed by atoms with van der Waals surface area (Å²) in [5, 5.41) is 17.4. The Morgan fingerprint density at radius 1 is 1.21 bits per heavy atom. The first kappa shape index (κ1) is 27.0. The van der Waals surface area contributed by atoms with Crippen LogP contribution < -0.4 is 25.0 Å². The number of aliphatic hydroxyl groups excluding tert-OH is 1. The van der Waals surface area contributed by atoms with Crippen LogP contribution in [-0.2, 0) is 0 Å². The number of hydrogen-bond acceptors (Lipinski definition) is 5. The van der Waals surface area contributed by atoms with Crippen LogP contribution in [0.5, 0.6) is 11.5 Å². The van der Waals surface area contributed by atoms with Gasteiger partial charge in [0.1, 0.15) is 17.3 Å². The van der Waals surface area contributed by atoms with Crippen LogP contribution in [0.25, 0.3) is 0 Å². The van der Waals surface area contributed by atoms with Crippen molar-refractivity contribution < 1.29 is 19.0 Å². The zero-order chi connectivity index (χ0) is 22.9. The van der Waals surface area contributed by atoms with E-state index in [1.54, 1.807) is 44.6 Å². The monoisotopic (exact) mass is 572 g/mol. The van der Waals surface area contributed by atoms with Gasteiger partial charge in [-0.1, -0.05) is 6.07 Å². The lowest BCUT2D eigenvalue weighted by Crippen LogP contribution is -2.51. The summed E-state index contributed by atoms with van der Waals surface area (Å²) in [6, 6.07) is 12.2. The van der Waals surface area contributed by atoms with Crippen LogP contribution in [-0.4, -0.2) is 57.5 Å². The summed E-state index contributed by atoms with van der Waals surface area (Å²) in [6.07, 6.45) is 1.19. The predicted octanol–water partition coefficient (Wildman–Crippen LogP) is 3.72. The number of hydrogen-bond donors (Lipinski definition) is 3. The molecule has 0 saturated carbocycles. The van der Waals surface area contributed by atoms with E-state index in [2.05, 4.69) is 20.5 Å². The lowest BCUT2D eigenvalue weighted by atomic mass is 10.0. The molecule has 0 aromatic heterocycles. The van der Waals surface area contributed by atoms with Crippen LogP contribution >= 0.6 is 24.0 Å². The van der Waals surface area contributed by atoms with E-state index in [4.69, 9.17) is 9.47 Å². The predicted molar refractivity (Wildman–Crippen MR) is 141 cm³/mol. The maximum Gasteiger partial charge on any atom is 0.191 e. The van der Waals surface area contributed by atoms with Crippen molar-refractivity contribution in [3.63, 3.8) is 0 Å². The molecule has 2 atom stereocenters. The topological polar surface area (TPSA) is 78.4 Å². The average molecular weight is 572 g/mol. The fourth-order valence-corrected chi connectivity index (χ4v) is 3.82. The van der Waals surface area contributed by atoms with Crippen LogP contribution in [0.4, 0.5) is 10.1 Å². The molecule has 182 valence electrons. The molecule has 1 aliphatic heterocycles. The molecule has 0 radical (unpaired) electrons. The summed E-state index contributed by atoms with van der Waals surface area (Å²) in [7, 11) is 3.15. The van der Waals surface area contributed by atoms with Crippen molar-refractivity contribution in [3.8, 4) is 11.5 Å². The second-order valence-electron chi connectivity index (χ2n) is 7.79. The number of ether oxygens (including phenoxy) is 2. The number of nitrogens with one attached hydrogen (secondary N) is 2. The summed E-state index contributed by atoms with van der Waals surface area (Å²) < 4.78 is 24.2. The first-order chi connectivity index (χ1) is 15.5. The van der Waals surface area contributed by atoms with Crippen molar-refractivity contribution in [2.75, 3.05) is 45.3 Å². The van der Waals surface area contributed by atoms with Gasteiger partial charge in [0.25, 0.3) is 0 Å². The Bertz CT molecular complexity index is 893. The van der Waals surface area contributed by atoms with E-state index in [9.17, 15) is 9.50 Å². The van der Waals surface area contributed by atoms with Gasteiger partial charge in [-0.3, -0.25) is 4.99 Å².